The fourth-order valence-corrected chi connectivity index (χ4v) is 3.44. The molecule has 1 aromatic heterocycles. The van der Waals surface area contributed by atoms with Crippen LogP contribution in [-0.2, 0) is 13.5 Å². The molecule has 3 nitrogen and oxygen atoms in total. The van der Waals surface area contributed by atoms with Crippen molar-refractivity contribution in [2.24, 2.45) is 7.05 Å². The van der Waals surface area contributed by atoms with Crippen LogP contribution < -0.4 is 5.32 Å². The van der Waals surface area contributed by atoms with Gasteiger partial charge in [0.2, 0.25) is 0 Å². The van der Waals surface area contributed by atoms with Gasteiger partial charge < -0.3 is 5.32 Å². The molecule has 0 spiro atoms. The number of hydrogen-bond acceptors (Lipinski definition) is 3. The summed E-state index contributed by atoms with van der Waals surface area (Å²) in [6.45, 7) is 1.07. The lowest BCUT2D eigenvalue weighted by atomic mass is 10.2. The van der Waals surface area contributed by atoms with Gasteiger partial charge in [-0.1, -0.05) is 6.42 Å². The van der Waals surface area contributed by atoms with Crippen LogP contribution in [0.1, 0.15) is 25.0 Å². The lowest BCUT2D eigenvalue weighted by molar-refractivity contribution is 0.528. The number of aryl methyl sites for hydroxylation is 1. The van der Waals surface area contributed by atoms with Crippen LogP contribution in [0.2, 0.25) is 0 Å². The van der Waals surface area contributed by atoms with Crippen molar-refractivity contribution in [3.8, 4) is 0 Å². The molecule has 0 bridgehead atoms. The summed E-state index contributed by atoms with van der Waals surface area (Å²) in [5.74, 6) is 0. The van der Waals surface area contributed by atoms with Crippen LogP contribution >= 0.6 is 11.8 Å². The second-order valence-corrected chi connectivity index (χ2v) is 5.54. The van der Waals surface area contributed by atoms with E-state index in [1.807, 2.05) is 29.7 Å². The van der Waals surface area contributed by atoms with Crippen molar-refractivity contribution in [1.82, 2.24) is 15.1 Å². The van der Waals surface area contributed by atoms with E-state index in [9.17, 15) is 0 Å². The predicted molar refractivity (Wildman–Crippen MR) is 69.9 cm³/mol. The molecule has 1 aromatic rings. The Kier molecular flexibility index (Phi) is 4.29. The first-order valence-electron chi connectivity index (χ1n) is 6.04. The van der Waals surface area contributed by atoms with E-state index in [1.54, 1.807) is 0 Å². The fourth-order valence-electron chi connectivity index (χ4n) is 2.47. The van der Waals surface area contributed by atoms with Gasteiger partial charge in [-0.25, -0.2) is 0 Å². The molecule has 0 radical (unpaired) electrons. The summed E-state index contributed by atoms with van der Waals surface area (Å²) in [4.78, 5) is 0. The molecule has 1 saturated carbocycles. The first kappa shape index (κ1) is 12.0. The lowest BCUT2D eigenvalue weighted by Crippen LogP contribution is -2.35. The van der Waals surface area contributed by atoms with E-state index in [1.165, 1.54) is 25.0 Å². The zero-order valence-corrected chi connectivity index (χ0v) is 11.0. The highest BCUT2D eigenvalue weighted by atomic mass is 32.2. The smallest absolute Gasteiger partial charge is 0.0492 e. The van der Waals surface area contributed by atoms with Gasteiger partial charge in [-0.3, -0.25) is 4.68 Å². The molecular weight excluding hydrogens is 218 g/mol. The average Bonchev–Trinajstić information content (AvgIpc) is 2.88. The van der Waals surface area contributed by atoms with E-state index in [0.29, 0.717) is 0 Å². The molecule has 90 valence electrons. The Labute approximate surface area is 102 Å². The van der Waals surface area contributed by atoms with E-state index in [2.05, 4.69) is 22.7 Å². The van der Waals surface area contributed by atoms with Gasteiger partial charge in [-0.15, -0.1) is 0 Å². The highest BCUT2D eigenvalue weighted by Gasteiger charge is 2.25. The van der Waals surface area contributed by atoms with Crippen molar-refractivity contribution >= 4 is 11.8 Å². The SMILES string of the molecule is CSC1CCCC1NCCc1ccnn1C. The molecule has 2 atom stereocenters. The van der Waals surface area contributed by atoms with E-state index < -0.39 is 0 Å². The lowest BCUT2D eigenvalue weighted by Gasteiger charge is -2.19. The van der Waals surface area contributed by atoms with Gasteiger partial charge >= 0.3 is 0 Å². The van der Waals surface area contributed by atoms with Crippen molar-refractivity contribution in [3.05, 3.63) is 18.0 Å². The van der Waals surface area contributed by atoms with Crippen LogP contribution in [0.25, 0.3) is 0 Å². The molecule has 1 N–H and O–H groups in total. The summed E-state index contributed by atoms with van der Waals surface area (Å²) in [5, 5.41) is 8.69. The van der Waals surface area contributed by atoms with E-state index in [0.717, 1.165) is 24.3 Å². The van der Waals surface area contributed by atoms with E-state index in [-0.39, 0.29) is 0 Å². The van der Waals surface area contributed by atoms with Gasteiger partial charge in [0.05, 0.1) is 0 Å². The monoisotopic (exact) mass is 239 g/mol. The highest BCUT2D eigenvalue weighted by Crippen LogP contribution is 2.28. The van der Waals surface area contributed by atoms with Gasteiger partial charge in [-0.05, 0) is 25.2 Å². The summed E-state index contributed by atoms with van der Waals surface area (Å²) < 4.78 is 1.96. The third kappa shape index (κ3) is 2.80. The second-order valence-electron chi connectivity index (χ2n) is 4.46. The molecule has 1 heterocycles. The molecule has 0 amide bonds. The Morgan fingerprint density at radius 1 is 1.56 bits per heavy atom. The molecule has 1 fully saturated rings. The molecule has 1 aliphatic rings. The number of nitrogens with zero attached hydrogens (tertiary/aromatic N) is 2. The number of nitrogens with one attached hydrogen (secondary N) is 1. The average molecular weight is 239 g/mol. The molecule has 0 aliphatic heterocycles. The quantitative estimate of drug-likeness (QED) is 0.850. The number of rotatable bonds is 5. The van der Waals surface area contributed by atoms with Gasteiger partial charge in [-0.2, -0.15) is 16.9 Å². The number of thioether (sulfide) groups is 1. The Balaban J connectivity index is 1.74. The molecule has 2 rings (SSSR count). The van der Waals surface area contributed by atoms with Crippen LogP contribution in [0, 0.1) is 0 Å². The molecule has 0 aromatic carbocycles. The zero-order valence-electron chi connectivity index (χ0n) is 10.1. The third-order valence-corrected chi connectivity index (χ3v) is 4.64. The number of hydrogen-bond donors (Lipinski definition) is 1. The first-order valence-corrected chi connectivity index (χ1v) is 7.33. The van der Waals surface area contributed by atoms with Gasteiger partial charge in [0.1, 0.15) is 0 Å². The topological polar surface area (TPSA) is 29.9 Å². The van der Waals surface area contributed by atoms with Gasteiger partial charge in [0.25, 0.3) is 0 Å². The summed E-state index contributed by atoms with van der Waals surface area (Å²) in [6.07, 6.45) is 9.28. The zero-order chi connectivity index (χ0) is 11.4. The Morgan fingerprint density at radius 2 is 2.44 bits per heavy atom. The maximum Gasteiger partial charge on any atom is 0.0492 e. The molecule has 16 heavy (non-hydrogen) atoms. The van der Waals surface area contributed by atoms with E-state index in [4.69, 9.17) is 0 Å². The predicted octanol–water partition coefficient (Wildman–Crippen LogP) is 1.84. The van der Waals surface area contributed by atoms with Crippen molar-refractivity contribution < 1.29 is 0 Å². The second kappa shape index (κ2) is 5.73. The highest BCUT2D eigenvalue weighted by molar-refractivity contribution is 7.99. The van der Waals surface area contributed by atoms with Crippen molar-refractivity contribution in [1.29, 1.82) is 0 Å². The van der Waals surface area contributed by atoms with E-state index >= 15 is 0 Å². The summed E-state index contributed by atoms with van der Waals surface area (Å²) in [6, 6.07) is 2.82. The van der Waals surface area contributed by atoms with Crippen LogP contribution in [0.15, 0.2) is 12.3 Å². The normalized spacial score (nSPS) is 25.1. The van der Waals surface area contributed by atoms with Crippen molar-refractivity contribution in [2.75, 3.05) is 12.8 Å². The minimum atomic E-state index is 0.725. The molecule has 1 aliphatic carbocycles. The first-order chi connectivity index (χ1) is 7.81. The summed E-state index contributed by atoms with van der Waals surface area (Å²) >= 11 is 2.01. The third-order valence-electron chi connectivity index (χ3n) is 3.47. The standard InChI is InChI=1S/C12H21N3S/c1-15-10(7-9-14-15)6-8-13-11-4-3-5-12(11)16-2/h7,9,11-13H,3-6,8H2,1-2H3. The Morgan fingerprint density at radius 3 is 3.12 bits per heavy atom. The molecular formula is C12H21N3S. The Hall–Kier alpha value is -0.480. The Bertz CT molecular complexity index is 324. The maximum atomic E-state index is 4.18. The maximum absolute atomic E-state index is 4.18. The molecule has 0 saturated heterocycles. The van der Waals surface area contributed by atoms with Gasteiger partial charge in [0.15, 0.2) is 0 Å². The fraction of sp³-hybridized carbons (Fsp3) is 0.750. The van der Waals surface area contributed by atoms with Crippen LogP contribution in [0.5, 0.6) is 0 Å². The minimum Gasteiger partial charge on any atom is -0.312 e. The molecule has 4 heteroatoms. The number of aromatic nitrogens is 2. The largest absolute Gasteiger partial charge is 0.312 e. The summed E-state index contributed by atoms with van der Waals surface area (Å²) in [5.41, 5.74) is 1.31. The van der Waals surface area contributed by atoms with Crippen LogP contribution in [0.3, 0.4) is 0 Å². The van der Waals surface area contributed by atoms with Crippen LogP contribution in [-0.4, -0.2) is 33.9 Å². The molecule has 2 unspecified atom stereocenters. The summed E-state index contributed by atoms with van der Waals surface area (Å²) in [7, 11) is 2.01. The van der Waals surface area contributed by atoms with Gasteiger partial charge in [0, 0.05) is 43.2 Å². The van der Waals surface area contributed by atoms with Crippen LogP contribution in [0.4, 0.5) is 0 Å². The minimum absolute atomic E-state index is 0.725. The van der Waals surface area contributed by atoms with Crippen molar-refractivity contribution in [3.63, 3.8) is 0 Å². The van der Waals surface area contributed by atoms with Crippen molar-refractivity contribution in [2.45, 2.75) is 37.0 Å².